The minimum absolute atomic E-state index is 0.103. The molecule has 0 radical (unpaired) electrons. The number of nitrogens with two attached hydrogens (primary N) is 2. The minimum Gasteiger partial charge on any atom is -0.464 e. The maximum atomic E-state index is 11.8. The lowest BCUT2D eigenvalue weighted by Gasteiger charge is -2.21. The molecule has 1 amide bonds. The molecule has 1 aliphatic rings. The quantitative estimate of drug-likeness (QED) is 0.682. The van der Waals surface area contributed by atoms with Gasteiger partial charge >= 0.3 is 5.97 Å². The van der Waals surface area contributed by atoms with Crippen LogP contribution in [-0.2, 0) is 4.74 Å². The van der Waals surface area contributed by atoms with E-state index >= 15 is 0 Å². The number of hydrogen-bond acceptors (Lipinski definition) is 7. The van der Waals surface area contributed by atoms with Gasteiger partial charge in [0.1, 0.15) is 5.56 Å². The SMILES string of the molecule is COC(=O)c1ncc(Nc2nn(C3CCCC=C3N)cc2C(N)=O)cc1C. The van der Waals surface area contributed by atoms with Crippen molar-refractivity contribution in [3.8, 4) is 0 Å². The van der Waals surface area contributed by atoms with Crippen molar-refractivity contribution in [3.05, 3.63) is 47.1 Å². The number of hydrogen-bond donors (Lipinski definition) is 3. The molecule has 142 valence electrons. The summed E-state index contributed by atoms with van der Waals surface area (Å²) >= 11 is 0. The first-order chi connectivity index (χ1) is 12.9. The molecule has 0 spiro atoms. The number of pyridine rings is 1. The first kappa shape index (κ1) is 18.4. The second kappa shape index (κ2) is 7.48. The van der Waals surface area contributed by atoms with Crippen LogP contribution in [0.4, 0.5) is 11.5 Å². The van der Waals surface area contributed by atoms with Gasteiger partial charge in [0, 0.05) is 11.9 Å². The van der Waals surface area contributed by atoms with Gasteiger partial charge in [-0.1, -0.05) is 6.08 Å². The van der Waals surface area contributed by atoms with Gasteiger partial charge in [-0.3, -0.25) is 9.48 Å². The second-order valence-corrected chi connectivity index (χ2v) is 6.39. The predicted molar refractivity (Wildman–Crippen MR) is 99.5 cm³/mol. The van der Waals surface area contributed by atoms with Gasteiger partial charge in [-0.25, -0.2) is 9.78 Å². The van der Waals surface area contributed by atoms with E-state index in [1.807, 2.05) is 6.08 Å². The summed E-state index contributed by atoms with van der Waals surface area (Å²) in [6, 6.07) is 1.62. The van der Waals surface area contributed by atoms with Gasteiger partial charge < -0.3 is 21.5 Å². The van der Waals surface area contributed by atoms with E-state index in [0.29, 0.717) is 17.1 Å². The number of nitrogens with zero attached hydrogens (tertiary/aromatic N) is 3. The van der Waals surface area contributed by atoms with Gasteiger partial charge in [0.25, 0.3) is 5.91 Å². The highest BCUT2D eigenvalue weighted by molar-refractivity contribution is 5.98. The Balaban J connectivity index is 1.91. The molecule has 9 heteroatoms. The van der Waals surface area contributed by atoms with Crippen LogP contribution in [0.5, 0.6) is 0 Å². The summed E-state index contributed by atoms with van der Waals surface area (Å²) in [7, 11) is 1.30. The lowest BCUT2D eigenvalue weighted by atomic mass is 10.00. The highest BCUT2D eigenvalue weighted by Crippen LogP contribution is 2.28. The Morgan fingerprint density at radius 3 is 2.81 bits per heavy atom. The molecule has 2 aromatic heterocycles. The van der Waals surface area contributed by atoms with Crippen LogP contribution in [-0.4, -0.2) is 33.8 Å². The van der Waals surface area contributed by atoms with E-state index in [9.17, 15) is 9.59 Å². The lowest BCUT2D eigenvalue weighted by Crippen LogP contribution is -2.20. The maximum absolute atomic E-state index is 11.8. The number of carbonyl (C=O) groups excluding carboxylic acids is 2. The molecule has 9 nitrogen and oxygen atoms in total. The Hall–Kier alpha value is -3.36. The van der Waals surface area contributed by atoms with Crippen LogP contribution < -0.4 is 16.8 Å². The van der Waals surface area contributed by atoms with E-state index in [4.69, 9.17) is 16.2 Å². The largest absolute Gasteiger partial charge is 0.464 e. The molecule has 27 heavy (non-hydrogen) atoms. The number of carbonyl (C=O) groups is 2. The number of nitrogens with one attached hydrogen (secondary N) is 1. The predicted octanol–water partition coefficient (Wildman–Crippen LogP) is 1.78. The van der Waals surface area contributed by atoms with E-state index < -0.39 is 11.9 Å². The summed E-state index contributed by atoms with van der Waals surface area (Å²) in [5.74, 6) is -0.799. The Morgan fingerprint density at radius 2 is 2.19 bits per heavy atom. The highest BCUT2D eigenvalue weighted by Gasteiger charge is 2.22. The van der Waals surface area contributed by atoms with Gasteiger partial charge in [0.05, 0.1) is 25.0 Å². The molecular weight excluding hydrogens is 348 g/mol. The lowest BCUT2D eigenvalue weighted by molar-refractivity contribution is 0.0593. The van der Waals surface area contributed by atoms with Crippen LogP contribution in [0.2, 0.25) is 0 Å². The van der Waals surface area contributed by atoms with Gasteiger partial charge in [0.2, 0.25) is 0 Å². The third-order valence-electron chi connectivity index (χ3n) is 4.48. The normalized spacial score (nSPS) is 16.5. The van der Waals surface area contributed by atoms with Crippen molar-refractivity contribution in [2.75, 3.05) is 12.4 Å². The molecule has 2 aromatic rings. The minimum atomic E-state index is -0.599. The topological polar surface area (TPSA) is 138 Å². The molecule has 0 fully saturated rings. The van der Waals surface area contributed by atoms with Crippen molar-refractivity contribution in [2.24, 2.45) is 11.5 Å². The van der Waals surface area contributed by atoms with Gasteiger partial charge in [-0.15, -0.1) is 0 Å². The number of rotatable bonds is 5. The zero-order chi connectivity index (χ0) is 19.6. The fraction of sp³-hybridized carbons (Fsp3) is 0.333. The number of esters is 1. The number of ether oxygens (including phenoxy) is 1. The van der Waals surface area contributed by atoms with Crippen molar-refractivity contribution in [3.63, 3.8) is 0 Å². The third kappa shape index (κ3) is 3.76. The van der Waals surface area contributed by atoms with Gasteiger partial charge in [-0.2, -0.15) is 5.10 Å². The number of methoxy groups -OCH3 is 1. The van der Waals surface area contributed by atoms with Crippen LogP contribution in [0.25, 0.3) is 0 Å². The number of allylic oxidation sites excluding steroid dienone is 2. The summed E-state index contributed by atoms with van der Waals surface area (Å²) in [4.78, 5) is 27.6. The first-order valence-corrected chi connectivity index (χ1v) is 8.57. The average Bonchev–Trinajstić information content (AvgIpc) is 3.05. The Morgan fingerprint density at radius 1 is 1.41 bits per heavy atom. The molecular formula is C18H22N6O3. The highest BCUT2D eigenvalue weighted by atomic mass is 16.5. The summed E-state index contributed by atoms with van der Waals surface area (Å²) in [5, 5.41) is 7.51. The van der Waals surface area contributed by atoms with Gasteiger partial charge in [-0.05, 0) is 37.8 Å². The molecule has 0 aliphatic heterocycles. The second-order valence-electron chi connectivity index (χ2n) is 6.39. The van der Waals surface area contributed by atoms with Crippen LogP contribution >= 0.6 is 0 Å². The molecule has 0 saturated carbocycles. The van der Waals surface area contributed by atoms with Crippen molar-refractivity contribution in [1.29, 1.82) is 0 Å². The molecule has 1 atom stereocenters. The summed E-state index contributed by atoms with van der Waals surface area (Å²) in [6.45, 7) is 1.74. The summed E-state index contributed by atoms with van der Waals surface area (Å²) in [6.07, 6.45) is 7.83. The number of aryl methyl sites for hydroxylation is 1. The molecule has 3 rings (SSSR count). The van der Waals surface area contributed by atoms with E-state index in [1.165, 1.54) is 13.3 Å². The number of amides is 1. The third-order valence-corrected chi connectivity index (χ3v) is 4.48. The van der Waals surface area contributed by atoms with E-state index in [0.717, 1.165) is 25.0 Å². The zero-order valence-corrected chi connectivity index (χ0v) is 15.2. The van der Waals surface area contributed by atoms with Crippen LogP contribution in [0.3, 0.4) is 0 Å². The first-order valence-electron chi connectivity index (χ1n) is 8.57. The zero-order valence-electron chi connectivity index (χ0n) is 15.2. The molecule has 0 saturated heterocycles. The fourth-order valence-corrected chi connectivity index (χ4v) is 3.08. The van der Waals surface area contributed by atoms with Crippen LogP contribution in [0.15, 0.2) is 30.2 Å². The summed E-state index contributed by atoms with van der Waals surface area (Å²) < 4.78 is 6.35. The number of aromatic nitrogens is 3. The molecule has 5 N–H and O–H groups in total. The van der Waals surface area contributed by atoms with Crippen LogP contribution in [0, 0.1) is 6.92 Å². The van der Waals surface area contributed by atoms with Crippen molar-refractivity contribution in [2.45, 2.75) is 32.2 Å². The Labute approximate surface area is 156 Å². The summed E-state index contributed by atoms with van der Waals surface area (Å²) in [5.41, 5.74) is 14.0. The standard InChI is InChI=1S/C18H22N6O3/c1-10-7-11(8-21-15(10)18(26)27-2)22-17-12(16(20)25)9-24(23-17)14-6-4-3-5-13(14)19/h5,7-9,14H,3-4,6,19H2,1-2H3,(H2,20,25)(H,22,23). The van der Waals surface area contributed by atoms with E-state index in [1.54, 1.807) is 23.9 Å². The smallest absolute Gasteiger partial charge is 0.356 e. The van der Waals surface area contributed by atoms with E-state index in [2.05, 4.69) is 15.4 Å². The monoisotopic (exact) mass is 370 g/mol. The average molecular weight is 370 g/mol. The molecule has 0 aromatic carbocycles. The molecule has 0 bridgehead atoms. The van der Waals surface area contributed by atoms with Crippen molar-refractivity contribution < 1.29 is 14.3 Å². The molecule has 2 heterocycles. The fourth-order valence-electron chi connectivity index (χ4n) is 3.08. The van der Waals surface area contributed by atoms with Crippen LogP contribution in [0.1, 0.15) is 51.7 Å². The van der Waals surface area contributed by atoms with Gasteiger partial charge in [0.15, 0.2) is 11.5 Å². The Kier molecular flexibility index (Phi) is 5.11. The number of primary amides is 1. The Bertz CT molecular complexity index is 918. The maximum Gasteiger partial charge on any atom is 0.356 e. The van der Waals surface area contributed by atoms with Crippen molar-refractivity contribution in [1.82, 2.24) is 14.8 Å². The van der Waals surface area contributed by atoms with Crippen molar-refractivity contribution >= 4 is 23.4 Å². The molecule has 1 aliphatic carbocycles. The van der Waals surface area contributed by atoms with E-state index in [-0.39, 0.29) is 17.3 Å². The molecule has 1 unspecified atom stereocenters. The number of anilines is 2.